The van der Waals surface area contributed by atoms with Crippen LogP contribution in [0.3, 0.4) is 0 Å². The summed E-state index contributed by atoms with van der Waals surface area (Å²) in [4.78, 5) is 49.1. The van der Waals surface area contributed by atoms with E-state index in [1.54, 1.807) is 21.0 Å². The lowest BCUT2D eigenvalue weighted by atomic mass is 10.1. The number of imide groups is 1. The Bertz CT molecular complexity index is 732. The smallest absolute Gasteiger partial charge is 0.251 e. The molecule has 0 aromatic rings. The van der Waals surface area contributed by atoms with E-state index in [2.05, 4.69) is 10.6 Å². The van der Waals surface area contributed by atoms with Crippen LogP contribution < -0.4 is 10.6 Å². The number of ether oxygens (including phenoxy) is 4. The molecule has 36 heavy (non-hydrogen) atoms. The predicted molar refractivity (Wildman–Crippen MR) is 138 cm³/mol. The lowest BCUT2D eigenvalue weighted by molar-refractivity contribution is -0.145. The van der Waals surface area contributed by atoms with Crippen molar-refractivity contribution in [1.82, 2.24) is 15.5 Å². The third kappa shape index (κ3) is 12.4. The maximum atomic E-state index is 12.3. The fourth-order valence-electron chi connectivity index (χ4n) is 3.32. The number of nitrogens with one attached hydrogen (secondary N) is 2. The van der Waals surface area contributed by atoms with Crippen molar-refractivity contribution >= 4 is 33.9 Å². The number of carbonyl (C=O) groups is 4. The van der Waals surface area contributed by atoms with Gasteiger partial charge in [-0.2, -0.15) is 0 Å². The third-order valence-corrected chi connectivity index (χ3v) is 6.90. The number of hydrogen-bond donors (Lipinski definition) is 2. The highest BCUT2D eigenvalue weighted by Crippen LogP contribution is 2.21. The summed E-state index contributed by atoms with van der Waals surface area (Å²) in [7, 11) is 2.33. The molecule has 0 spiro atoms. The molecule has 1 rings (SSSR count). The molecular formula is C24H45N3O8Si. The van der Waals surface area contributed by atoms with Crippen molar-refractivity contribution in [3.8, 4) is 0 Å². The molecule has 0 aliphatic carbocycles. The second-order valence-electron chi connectivity index (χ2n) is 10.00. The van der Waals surface area contributed by atoms with Crippen molar-refractivity contribution in [2.24, 2.45) is 0 Å². The Labute approximate surface area is 217 Å². The summed E-state index contributed by atoms with van der Waals surface area (Å²) in [5.41, 5.74) is -1.37. The summed E-state index contributed by atoms with van der Waals surface area (Å²) in [5, 5.41) is 5.55. The van der Waals surface area contributed by atoms with Gasteiger partial charge in [-0.25, -0.2) is 0 Å². The van der Waals surface area contributed by atoms with E-state index in [0.29, 0.717) is 82.2 Å². The van der Waals surface area contributed by atoms with E-state index in [0.717, 1.165) is 0 Å². The molecule has 12 heteroatoms. The van der Waals surface area contributed by atoms with Gasteiger partial charge in [0, 0.05) is 55.4 Å². The first-order valence-electron chi connectivity index (χ1n) is 12.6. The summed E-state index contributed by atoms with van der Waals surface area (Å²) < 4.78 is 21.9. The number of amides is 4. The minimum Gasteiger partial charge on any atom is -0.379 e. The summed E-state index contributed by atoms with van der Waals surface area (Å²) >= 11 is 0. The van der Waals surface area contributed by atoms with Gasteiger partial charge >= 0.3 is 0 Å². The Morgan fingerprint density at radius 3 is 2.17 bits per heavy atom. The van der Waals surface area contributed by atoms with Crippen LogP contribution in [0.2, 0.25) is 5.54 Å². The summed E-state index contributed by atoms with van der Waals surface area (Å²) in [5.74, 6) is -0.570. The fourth-order valence-corrected chi connectivity index (χ4v) is 3.98. The number of rotatable bonds is 19. The van der Waals surface area contributed by atoms with Crippen molar-refractivity contribution in [3.05, 3.63) is 0 Å². The monoisotopic (exact) mass is 531 g/mol. The van der Waals surface area contributed by atoms with Gasteiger partial charge in [0.1, 0.15) is 5.60 Å². The van der Waals surface area contributed by atoms with E-state index < -0.39 is 5.60 Å². The molecule has 2 N–H and O–H groups in total. The van der Waals surface area contributed by atoms with Crippen LogP contribution in [0.1, 0.15) is 53.4 Å². The molecule has 11 nitrogen and oxygen atoms in total. The first-order valence-corrected chi connectivity index (χ1v) is 13.8. The molecule has 1 saturated heterocycles. The zero-order valence-corrected chi connectivity index (χ0v) is 24.8. The zero-order chi connectivity index (χ0) is 27.2. The fraction of sp³-hybridized carbons (Fsp3) is 0.833. The van der Waals surface area contributed by atoms with Gasteiger partial charge in [0.05, 0.1) is 38.6 Å². The van der Waals surface area contributed by atoms with Crippen LogP contribution in [0.15, 0.2) is 0 Å². The zero-order valence-electron chi connectivity index (χ0n) is 22.8. The van der Waals surface area contributed by atoms with Gasteiger partial charge in [0.15, 0.2) is 0 Å². The van der Waals surface area contributed by atoms with E-state index in [1.807, 2.05) is 13.8 Å². The summed E-state index contributed by atoms with van der Waals surface area (Å²) in [6.45, 7) is 10.3. The minimum absolute atomic E-state index is 0.0964. The highest BCUT2D eigenvalue weighted by atomic mass is 28.1. The Hall–Kier alpha value is -1.86. The molecule has 0 aromatic heterocycles. The predicted octanol–water partition coefficient (Wildman–Crippen LogP) is -0.445. The van der Waals surface area contributed by atoms with Gasteiger partial charge in [-0.15, -0.1) is 0 Å². The van der Waals surface area contributed by atoms with Crippen molar-refractivity contribution in [3.63, 3.8) is 0 Å². The van der Waals surface area contributed by atoms with Crippen LogP contribution in [0.25, 0.3) is 0 Å². The minimum atomic E-state index is -0.944. The molecule has 1 heterocycles. The molecule has 1 aliphatic rings. The molecule has 208 valence electrons. The molecule has 0 bridgehead atoms. The number of nitrogens with zero attached hydrogens (tertiary/aromatic N) is 1. The number of likely N-dealkylation sites (tertiary alicyclic amines) is 1. The number of methoxy groups -OCH3 is 1. The second-order valence-corrected chi connectivity index (χ2v) is 11.4. The van der Waals surface area contributed by atoms with Crippen LogP contribution in [-0.2, 0) is 38.1 Å². The Balaban J connectivity index is 1.98. The summed E-state index contributed by atoms with van der Waals surface area (Å²) in [6, 6.07) is 0. The largest absolute Gasteiger partial charge is 0.379 e. The van der Waals surface area contributed by atoms with Crippen molar-refractivity contribution in [2.75, 3.05) is 59.8 Å². The van der Waals surface area contributed by atoms with E-state index in [-0.39, 0.29) is 41.2 Å². The molecule has 1 atom stereocenters. The van der Waals surface area contributed by atoms with Crippen LogP contribution in [0, 0.1) is 0 Å². The molecule has 1 unspecified atom stereocenters. The quantitative estimate of drug-likeness (QED) is 0.130. The maximum Gasteiger partial charge on any atom is 0.251 e. The van der Waals surface area contributed by atoms with E-state index >= 15 is 0 Å². The topological polar surface area (TPSA) is 132 Å². The first kappa shape index (κ1) is 32.2. The first-order chi connectivity index (χ1) is 16.9. The molecular weight excluding hydrogens is 486 g/mol. The van der Waals surface area contributed by atoms with Gasteiger partial charge in [-0.3, -0.25) is 24.1 Å². The Kier molecular flexibility index (Phi) is 14.4. The molecule has 4 amide bonds. The molecule has 1 aliphatic heterocycles. The van der Waals surface area contributed by atoms with Crippen molar-refractivity contribution < 1.29 is 38.1 Å². The van der Waals surface area contributed by atoms with Gasteiger partial charge in [-0.05, 0) is 40.5 Å². The van der Waals surface area contributed by atoms with Crippen LogP contribution >= 0.6 is 0 Å². The number of hydrogen-bond acceptors (Lipinski definition) is 8. The Morgan fingerprint density at radius 1 is 1.00 bits per heavy atom. The average Bonchev–Trinajstić information content (AvgIpc) is 3.05. The van der Waals surface area contributed by atoms with Gasteiger partial charge in [-0.1, -0.05) is 0 Å². The standard InChI is InChI=1S/C24H45N3O8Si/c1-23(2,32-5)8-12-35-24(3,4)22(31)26-10-14-34-16-15-33-13-9-25-19(28)7-6-11-27-20(29)17-18(36)21(27)30/h18H,6-17H2,1-5,36H3,(H,25,28)(H,26,31). The van der Waals surface area contributed by atoms with E-state index in [9.17, 15) is 19.2 Å². The molecule has 0 saturated carbocycles. The van der Waals surface area contributed by atoms with Crippen molar-refractivity contribution in [1.29, 1.82) is 0 Å². The molecule has 0 aromatic carbocycles. The van der Waals surface area contributed by atoms with Gasteiger partial charge in [0.25, 0.3) is 5.91 Å². The van der Waals surface area contributed by atoms with Gasteiger partial charge < -0.3 is 29.6 Å². The van der Waals surface area contributed by atoms with E-state index in [1.165, 1.54) is 4.90 Å². The lowest BCUT2D eigenvalue weighted by Gasteiger charge is -2.28. The van der Waals surface area contributed by atoms with Gasteiger partial charge in [0.2, 0.25) is 17.7 Å². The third-order valence-electron chi connectivity index (χ3n) is 5.99. The molecule has 1 fully saturated rings. The SMILES string of the molecule is COC(C)(C)CCOC(C)(C)C(=O)NCCOCCOCCNC(=O)CCCN1C(=O)CC([SiH3])C1=O. The second kappa shape index (κ2) is 16.1. The Morgan fingerprint density at radius 2 is 1.61 bits per heavy atom. The maximum absolute atomic E-state index is 12.3. The highest BCUT2D eigenvalue weighted by Gasteiger charge is 2.34. The highest BCUT2D eigenvalue weighted by molar-refractivity contribution is 6.29. The van der Waals surface area contributed by atoms with E-state index in [4.69, 9.17) is 18.9 Å². The van der Waals surface area contributed by atoms with Crippen molar-refractivity contribution in [2.45, 2.75) is 70.1 Å². The van der Waals surface area contributed by atoms with Crippen LogP contribution in [0.5, 0.6) is 0 Å². The van der Waals surface area contributed by atoms with Crippen LogP contribution in [0.4, 0.5) is 0 Å². The number of carbonyl (C=O) groups excluding carboxylic acids is 4. The normalized spacial score (nSPS) is 16.6. The summed E-state index contributed by atoms with van der Waals surface area (Å²) in [6.07, 6.45) is 1.70. The lowest BCUT2D eigenvalue weighted by Crippen LogP contribution is -2.46. The van der Waals surface area contributed by atoms with Crippen LogP contribution in [-0.4, -0.2) is 110 Å². The molecule has 0 radical (unpaired) electrons. The average molecular weight is 532 g/mol.